The van der Waals surface area contributed by atoms with Crippen LogP contribution in [0.4, 0.5) is 0 Å². The molecule has 0 radical (unpaired) electrons. The van der Waals surface area contributed by atoms with Crippen LogP contribution in [0.5, 0.6) is 0 Å². The third-order valence-electron chi connectivity index (χ3n) is 10.3. The first-order valence-electron chi connectivity index (χ1n) is 13.4. The summed E-state index contributed by atoms with van der Waals surface area (Å²) in [5.74, 6) is -1.87. The van der Waals surface area contributed by atoms with Gasteiger partial charge in [-0.2, -0.15) is 0 Å². The molecule has 9 nitrogen and oxygen atoms in total. The molecular weight excluding hydrogens is 478 g/mol. The van der Waals surface area contributed by atoms with Crippen molar-refractivity contribution >= 4 is 11.8 Å². The first kappa shape index (κ1) is 28.6. The maximum atomic E-state index is 14.0. The normalized spacial score (nSPS) is 46.5. The van der Waals surface area contributed by atoms with Gasteiger partial charge in [0.15, 0.2) is 17.5 Å². The number of aliphatic hydroxyl groups is 3. The zero-order chi connectivity index (χ0) is 27.8. The van der Waals surface area contributed by atoms with E-state index in [2.05, 4.69) is 6.58 Å². The van der Waals surface area contributed by atoms with Crippen molar-refractivity contribution in [3.8, 4) is 0 Å². The second kappa shape index (κ2) is 8.83. The molecule has 3 N–H and O–H groups in total. The number of esters is 1. The lowest BCUT2D eigenvalue weighted by Gasteiger charge is -2.71. The van der Waals surface area contributed by atoms with Crippen molar-refractivity contribution in [3.63, 3.8) is 0 Å². The molecule has 4 rings (SSSR count). The highest BCUT2D eigenvalue weighted by Crippen LogP contribution is 2.67. The molecule has 0 aromatic carbocycles. The van der Waals surface area contributed by atoms with Crippen LogP contribution in [0.25, 0.3) is 0 Å². The average molecular weight is 524 g/mol. The van der Waals surface area contributed by atoms with E-state index in [0.717, 1.165) is 0 Å². The Morgan fingerprint density at radius 2 is 1.76 bits per heavy atom. The highest BCUT2D eigenvalue weighted by atomic mass is 16.6. The molecule has 0 amide bonds. The molecule has 2 aliphatic carbocycles. The minimum atomic E-state index is -2.24. The fraction of sp³-hybridized carbons (Fsp3) is 0.857. The lowest BCUT2D eigenvalue weighted by atomic mass is 9.40. The van der Waals surface area contributed by atoms with E-state index in [-0.39, 0.29) is 6.42 Å². The molecule has 2 heterocycles. The van der Waals surface area contributed by atoms with Crippen molar-refractivity contribution in [2.75, 3.05) is 26.3 Å². The van der Waals surface area contributed by atoms with Crippen molar-refractivity contribution in [1.29, 1.82) is 0 Å². The zero-order valence-corrected chi connectivity index (χ0v) is 23.4. The summed E-state index contributed by atoms with van der Waals surface area (Å²) in [5, 5.41) is 35.9. The maximum absolute atomic E-state index is 14.0. The number of aliphatic hydroxyl groups excluding tert-OH is 2. The van der Waals surface area contributed by atoms with Gasteiger partial charge in [-0.1, -0.05) is 26.8 Å². The third-order valence-corrected chi connectivity index (χ3v) is 10.3. The molecule has 4 unspecified atom stereocenters. The molecule has 0 bridgehead atoms. The number of Topliss-reactive ketones (excluding diaryl/α,β-unsaturated/α-hetero) is 1. The van der Waals surface area contributed by atoms with Gasteiger partial charge in [0.25, 0.3) is 0 Å². The van der Waals surface area contributed by atoms with Gasteiger partial charge in [0.2, 0.25) is 0 Å². The number of rotatable bonds is 4. The van der Waals surface area contributed by atoms with Crippen molar-refractivity contribution in [1.82, 2.24) is 4.90 Å². The van der Waals surface area contributed by atoms with E-state index in [9.17, 15) is 24.9 Å². The van der Waals surface area contributed by atoms with Crippen molar-refractivity contribution in [2.45, 2.75) is 108 Å². The molecule has 4 fully saturated rings. The smallest absolute Gasteiger partial charge is 0.326 e. The van der Waals surface area contributed by atoms with Crippen LogP contribution in [-0.4, -0.2) is 98.9 Å². The van der Waals surface area contributed by atoms with E-state index in [0.29, 0.717) is 39.1 Å². The van der Waals surface area contributed by atoms with Gasteiger partial charge in [-0.3, -0.25) is 14.5 Å². The largest absolute Gasteiger partial charge is 0.455 e. The Labute approximate surface area is 220 Å². The number of nitrogens with zero attached hydrogens (tertiary/aromatic N) is 1. The zero-order valence-electron chi connectivity index (χ0n) is 23.4. The van der Waals surface area contributed by atoms with Crippen LogP contribution in [0, 0.1) is 16.7 Å². The lowest BCUT2D eigenvalue weighted by molar-refractivity contribution is -0.371. The van der Waals surface area contributed by atoms with Gasteiger partial charge >= 0.3 is 5.97 Å². The van der Waals surface area contributed by atoms with E-state index in [1.807, 2.05) is 18.7 Å². The van der Waals surface area contributed by atoms with Gasteiger partial charge in [0.05, 0.1) is 31.0 Å². The van der Waals surface area contributed by atoms with Gasteiger partial charge < -0.3 is 29.5 Å². The maximum Gasteiger partial charge on any atom is 0.326 e. The van der Waals surface area contributed by atoms with Crippen LogP contribution < -0.4 is 0 Å². The number of hydrogen-bond donors (Lipinski definition) is 3. The minimum Gasteiger partial charge on any atom is -0.455 e. The Balaban J connectivity index is 1.86. The standard InChI is InChI=1S/C28H45NO8/c1-9-25(6)16-18(31)28(34)26(7)17(30)10-11-23(2,3)20(26)19(32)21(27(28,8)37-25)36-22(33)24(4,5)29-12-14-35-15-13-29/h9,17,19-21,30,32,34H,1,10-16H2,2-8H3/t17-,19?,20?,21?,25-,26?,27+,28-/m0/s1. The van der Waals surface area contributed by atoms with Crippen LogP contribution in [0.15, 0.2) is 12.7 Å². The molecule has 8 atom stereocenters. The van der Waals surface area contributed by atoms with Crippen molar-refractivity contribution in [3.05, 3.63) is 12.7 Å². The molecule has 37 heavy (non-hydrogen) atoms. The van der Waals surface area contributed by atoms with Crippen molar-refractivity contribution in [2.24, 2.45) is 16.7 Å². The summed E-state index contributed by atoms with van der Waals surface area (Å²) in [6.07, 6.45) is -1.52. The summed E-state index contributed by atoms with van der Waals surface area (Å²) >= 11 is 0. The second-order valence-corrected chi connectivity index (χ2v) is 13.3. The van der Waals surface area contributed by atoms with Crippen LogP contribution >= 0.6 is 0 Å². The van der Waals surface area contributed by atoms with E-state index in [1.165, 1.54) is 13.0 Å². The minimum absolute atomic E-state index is 0.159. The fourth-order valence-corrected chi connectivity index (χ4v) is 7.99. The van der Waals surface area contributed by atoms with Gasteiger partial charge in [0, 0.05) is 30.8 Å². The summed E-state index contributed by atoms with van der Waals surface area (Å²) in [4.78, 5) is 29.7. The molecule has 0 aromatic rings. The topological polar surface area (TPSA) is 126 Å². The number of ether oxygens (including phenoxy) is 3. The van der Waals surface area contributed by atoms with Crippen molar-refractivity contribution < 1.29 is 39.1 Å². The third kappa shape index (κ3) is 3.79. The fourth-order valence-electron chi connectivity index (χ4n) is 7.99. The molecule has 0 aromatic heterocycles. The van der Waals surface area contributed by atoms with E-state index in [1.54, 1.807) is 27.7 Å². The monoisotopic (exact) mass is 523 g/mol. The highest BCUT2D eigenvalue weighted by Gasteiger charge is 2.81. The molecule has 0 spiro atoms. The Morgan fingerprint density at radius 3 is 2.32 bits per heavy atom. The number of carbonyl (C=O) groups excluding carboxylic acids is 2. The van der Waals surface area contributed by atoms with Crippen LogP contribution in [-0.2, 0) is 23.8 Å². The predicted octanol–water partition coefficient (Wildman–Crippen LogP) is 1.61. The van der Waals surface area contributed by atoms with Gasteiger partial charge in [0.1, 0.15) is 11.1 Å². The molecule has 2 saturated heterocycles. The average Bonchev–Trinajstić information content (AvgIpc) is 2.82. The van der Waals surface area contributed by atoms with Gasteiger partial charge in [-0.25, -0.2) is 0 Å². The van der Waals surface area contributed by atoms with E-state index < -0.39 is 69.2 Å². The summed E-state index contributed by atoms with van der Waals surface area (Å²) in [7, 11) is 0. The number of carbonyl (C=O) groups is 2. The van der Waals surface area contributed by atoms with Crippen LogP contribution in [0.3, 0.4) is 0 Å². The Kier molecular flexibility index (Phi) is 6.83. The van der Waals surface area contributed by atoms with E-state index in [4.69, 9.17) is 14.2 Å². The lowest BCUT2D eigenvalue weighted by Crippen LogP contribution is -2.87. The number of ketones is 1. The summed E-state index contributed by atoms with van der Waals surface area (Å²) < 4.78 is 18.1. The Morgan fingerprint density at radius 1 is 1.16 bits per heavy atom. The molecule has 210 valence electrons. The quantitative estimate of drug-likeness (QED) is 0.372. The van der Waals surface area contributed by atoms with Gasteiger partial charge in [-0.15, -0.1) is 6.58 Å². The summed E-state index contributed by atoms with van der Waals surface area (Å²) in [6.45, 7) is 18.2. The Bertz CT molecular complexity index is 960. The summed E-state index contributed by atoms with van der Waals surface area (Å²) in [5.41, 5.74) is -8.35. The molecule has 2 aliphatic heterocycles. The predicted molar refractivity (Wildman–Crippen MR) is 136 cm³/mol. The molecule has 4 aliphatic rings. The summed E-state index contributed by atoms with van der Waals surface area (Å²) in [6, 6.07) is 0. The number of morpholine rings is 1. The molecule has 9 heteroatoms. The van der Waals surface area contributed by atoms with E-state index >= 15 is 0 Å². The first-order chi connectivity index (χ1) is 16.9. The Hall–Kier alpha value is -1.36. The number of fused-ring (bicyclic) bond motifs is 3. The van der Waals surface area contributed by atoms with Crippen LogP contribution in [0.1, 0.15) is 67.7 Å². The van der Waals surface area contributed by atoms with Gasteiger partial charge in [-0.05, 0) is 46.0 Å². The number of hydrogen-bond acceptors (Lipinski definition) is 9. The first-order valence-corrected chi connectivity index (χ1v) is 13.4. The molecule has 2 saturated carbocycles. The van der Waals surface area contributed by atoms with Crippen LogP contribution in [0.2, 0.25) is 0 Å². The highest BCUT2D eigenvalue weighted by molar-refractivity contribution is 5.92. The SMILES string of the molecule is C=C[C@@]1(C)CC(=O)[C@]2(O)C3(C)C(C(O)C(OC(=O)C(C)(C)N4CCOCC4)[C@@]2(C)O1)C(C)(C)CC[C@@H]3O. The molecular formula is C28H45NO8. The second-order valence-electron chi connectivity index (χ2n) is 13.3.